The van der Waals surface area contributed by atoms with Gasteiger partial charge in [-0.1, -0.05) is 24.3 Å². The molecule has 0 aliphatic rings. The first-order chi connectivity index (χ1) is 9.66. The number of urea groups is 1. The third kappa shape index (κ3) is 3.76. The van der Waals surface area contributed by atoms with Gasteiger partial charge in [0, 0.05) is 12.7 Å². The van der Waals surface area contributed by atoms with Gasteiger partial charge >= 0.3 is 6.03 Å². The van der Waals surface area contributed by atoms with Gasteiger partial charge in [0.2, 0.25) is 0 Å². The second-order valence-corrected chi connectivity index (χ2v) is 4.32. The quantitative estimate of drug-likeness (QED) is 0.789. The lowest BCUT2D eigenvalue weighted by Crippen LogP contribution is -2.32. The van der Waals surface area contributed by atoms with Crippen LogP contribution in [0.2, 0.25) is 0 Å². The Morgan fingerprint density at radius 1 is 1.30 bits per heavy atom. The van der Waals surface area contributed by atoms with Gasteiger partial charge in [-0.25, -0.2) is 4.79 Å². The van der Waals surface area contributed by atoms with E-state index in [0.29, 0.717) is 5.82 Å². The van der Waals surface area contributed by atoms with E-state index in [1.54, 1.807) is 12.1 Å². The molecule has 6 heteroatoms. The molecule has 20 heavy (non-hydrogen) atoms. The minimum atomic E-state index is -0.746. The number of benzene rings is 1. The standard InChI is InChI=1S/C14H16N4O2/c1-10-5-2-3-6-11(10)12(19)9-15-14(20)17-13-7-4-8-16-18-13/h2-8,12,19H,9H2,1H3,(H2,15,17,18,20). The summed E-state index contributed by atoms with van der Waals surface area (Å²) >= 11 is 0. The number of nitrogens with one attached hydrogen (secondary N) is 2. The lowest BCUT2D eigenvalue weighted by Gasteiger charge is -2.14. The molecule has 2 aromatic rings. The second-order valence-electron chi connectivity index (χ2n) is 4.32. The molecule has 1 unspecified atom stereocenters. The largest absolute Gasteiger partial charge is 0.387 e. The fourth-order valence-electron chi connectivity index (χ4n) is 1.79. The van der Waals surface area contributed by atoms with E-state index < -0.39 is 12.1 Å². The number of aryl methyl sites for hydroxylation is 1. The van der Waals surface area contributed by atoms with Crippen LogP contribution in [-0.2, 0) is 0 Å². The molecule has 6 nitrogen and oxygen atoms in total. The Hall–Kier alpha value is -2.47. The topological polar surface area (TPSA) is 87.1 Å². The van der Waals surface area contributed by atoms with Gasteiger partial charge in [-0.3, -0.25) is 5.32 Å². The van der Waals surface area contributed by atoms with E-state index >= 15 is 0 Å². The number of carbonyl (C=O) groups excluding carboxylic acids is 1. The molecule has 1 atom stereocenters. The first-order valence-corrected chi connectivity index (χ1v) is 6.23. The summed E-state index contributed by atoms with van der Waals surface area (Å²) in [4.78, 5) is 11.6. The van der Waals surface area contributed by atoms with Crippen LogP contribution < -0.4 is 10.6 Å². The normalized spacial score (nSPS) is 11.7. The van der Waals surface area contributed by atoms with Crippen LogP contribution in [0.4, 0.5) is 10.6 Å². The average Bonchev–Trinajstić information content (AvgIpc) is 2.46. The fraction of sp³-hybridized carbons (Fsp3) is 0.214. The number of amides is 2. The zero-order valence-electron chi connectivity index (χ0n) is 11.1. The summed E-state index contributed by atoms with van der Waals surface area (Å²) in [5, 5.41) is 22.5. The van der Waals surface area contributed by atoms with Crippen LogP contribution in [0.25, 0.3) is 0 Å². The summed E-state index contributed by atoms with van der Waals surface area (Å²) < 4.78 is 0. The van der Waals surface area contributed by atoms with Crippen LogP contribution in [-0.4, -0.2) is 27.9 Å². The van der Waals surface area contributed by atoms with Crippen molar-refractivity contribution in [1.29, 1.82) is 0 Å². The van der Waals surface area contributed by atoms with Crippen molar-refractivity contribution < 1.29 is 9.90 Å². The predicted octanol–water partition coefficient (Wildman–Crippen LogP) is 1.64. The summed E-state index contributed by atoms with van der Waals surface area (Å²) in [5.41, 5.74) is 1.78. The van der Waals surface area contributed by atoms with Gasteiger partial charge in [0.1, 0.15) is 0 Å². The number of hydrogen-bond donors (Lipinski definition) is 3. The maximum atomic E-state index is 11.6. The molecule has 0 aliphatic carbocycles. The number of hydrogen-bond acceptors (Lipinski definition) is 4. The molecular formula is C14H16N4O2. The number of aromatic nitrogens is 2. The average molecular weight is 272 g/mol. The maximum absolute atomic E-state index is 11.6. The Morgan fingerprint density at radius 3 is 2.80 bits per heavy atom. The lowest BCUT2D eigenvalue weighted by molar-refractivity contribution is 0.174. The molecule has 0 spiro atoms. The Balaban J connectivity index is 1.86. The highest BCUT2D eigenvalue weighted by atomic mass is 16.3. The van der Waals surface area contributed by atoms with E-state index in [9.17, 15) is 9.90 Å². The summed E-state index contributed by atoms with van der Waals surface area (Å²) in [6, 6.07) is 10.4. The number of aliphatic hydroxyl groups is 1. The number of carbonyl (C=O) groups is 1. The predicted molar refractivity (Wildman–Crippen MR) is 75.2 cm³/mol. The first-order valence-electron chi connectivity index (χ1n) is 6.23. The van der Waals surface area contributed by atoms with Crippen LogP contribution in [0, 0.1) is 6.92 Å². The minimum absolute atomic E-state index is 0.122. The lowest BCUT2D eigenvalue weighted by atomic mass is 10.0. The van der Waals surface area contributed by atoms with Crippen molar-refractivity contribution in [2.45, 2.75) is 13.0 Å². The van der Waals surface area contributed by atoms with Crippen LogP contribution in [0.5, 0.6) is 0 Å². The molecule has 1 heterocycles. The molecule has 1 aromatic carbocycles. The molecular weight excluding hydrogens is 256 g/mol. The summed E-state index contributed by atoms with van der Waals surface area (Å²) in [7, 11) is 0. The molecule has 0 radical (unpaired) electrons. The molecule has 3 N–H and O–H groups in total. The number of aliphatic hydroxyl groups excluding tert-OH is 1. The molecule has 0 saturated carbocycles. The first kappa shape index (κ1) is 14.0. The van der Waals surface area contributed by atoms with Gasteiger partial charge in [0.15, 0.2) is 5.82 Å². The smallest absolute Gasteiger partial charge is 0.320 e. The Bertz CT molecular complexity index is 574. The molecule has 0 fully saturated rings. The van der Waals surface area contributed by atoms with Crippen molar-refractivity contribution >= 4 is 11.8 Å². The van der Waals surface area contributed by atoms with Crippen molar-refractivity contribution in [1.82, 2.24) is 15.5 Å². The number of rotatable bonds is 4. The van der Waals surface area contributed by atoms with Crippen LogP contribution in [0.15, 0.2) is 42.6 Å². The van der Waals surface area contributed by atoms with Gasteiger partial charge < -0.3 is 10.4 Å². The Labute approximate surface area is 116 Å². The van der Waals surface area contributed by atoms with E-state index in [1.807, 2.05) is 31.2 Å². The van der Waals surface area contributed by atoms with Gasteiger partial charge in [-0.15, -0.1) is 5.10 Å². The molecule has 0 saturated heterocycles. The van der Waals surface area contributed by atoms with Crippen molar-refractivity contribution in [3.8, 4) is 0 Å². The SMILES string of the molecule is Cc1ccccc1C(O)CNC(=O)Nc1cccnn1. The van der Waals surface area contributed by atoms with Crippen molar-refractivity contribution in [2.75, 3.05) is 11.9 Å². The third-order valence-corrected chi connectivity index (χ3v) is 2.82. The number of anilines is 1. The van der Waals surface area contributed by atoms with E-state index in [4.69, 9.17) is 0 Å². The molecule has 0 aliphatic heterocycles. The van der Waals surface area contributed by atoms with Crippen LogP contribution in [0.3, 0.4) is 0 Å². The molecule has 1 aromatic heterocycles. The van der Waals surface area contributed by atoms with Crippen LogP contribution in [0.1, 0.15) is 17.2 Å². The third-order valence-electron chi connectivity index (χ3n) is 2.82. The highest BCUT2D eigenvalue weighted by Crippen LogP contribution is 2.16. The summed E-state index contributed by atoms with van der Waals surface area (Å²) in [6.45, 7) is 2.04. The number of nitrogens with zero attached hydrogens (tertiary/aromatic N) is 2. The van der Waals surface area contributed by atoms with Crippen molar-refractivity contribution in [2.24, 2.45) is 0 Å². The van der Waals surface area contributed by atoms with Gasteiger partial charge in [0.25, 0.3) is 0 Å². The van der Waals surface area contributed by atoms with E-state index in [0.717, 1.165) is 11.1 Å². The second kappa shape index (κ2) is 6.63. The summed E-state index contributed by atoms with van der Waals surface area (Å²) in [6.07, 6.45) is 0.772. The Kier molecular flexibility index (Phi) is 4.62. The van der Waals surface area contributed by atoms with Crippen molar-refractivity contribution in [3.63, 3.8) is 0 Å². The Morgan fingerprint density at radius 2 is 2.10 bits per heavy atom. The van der Waals surface area contributed by atoms with E-state index in [-0.39, 0.29) is 6.54 Å². The molecule has 2 rings (SSSR count). The zero-order valence-corrected chi connectivity index (χ0v) is 11.1. The van der Waals surface area contributed by atoms with Crippen molar-refractivity contribution in [3.05, 3.63) is 53.7 Å². The van der Waals surface area contributed by atoms with Gasteiger partial charge in [-0.05, 0) is 30.2 Å². The maximum Gasteiger partial charge on any atom is 0.320 e. The highest BCUT2D eigenvalue weighted by molar-refractivity contribution is 5.88. The molecule has 0 bridgehead atoms. The molecule has 2 amide bonds. The monoisotopic (exact) mass is 272 g/mol. The van der Waals surface area contributed by atoms with E-state index in [2.05, 4.69) is 20.8 Å². The highest BCUT2D eigenvalue weighted by Gasteiger charge is 2.11. The van der Waals surface area contributed by atoms with Crippen LogP contribution >= 0.6 is 0 Å². The van der Waals surface area contributed by atoms with Gasteiger partial charge in [0.05, 0.1) is 6.10 Å². The summed E-state index contributed by atoms with van der Waals surface area (Å²) in [5.74, 6) is 0.357. The zero-order chi connectivity index (χ0) is 14.4. The van der Waals surface area contributed by atoms with Gasteiger partial charge in [-0.2, -0.15) is 5.10 Å². The minimum Gasteiger partial charge on any atom is -0.387 e. The fourth-order valence-corrected chi connectivity index (χ4v) is 1.79. The molecule has 104 valence electrons. The van der Waals surface area contributed by atoms with E-state index in [1.165, 1.54) is 6.20 Å².